The fourth-order valence-electron chi connectivity index (χ4n) is 5.78. The molecule has 0 aromatic heterocycles. The topological polar surface area (TPSA) is 329 Å². The Kier molecular flexibility index (Phi) is 13.4. The molecule has 2 saturated heterocycles. The first-order valence-corrected chi connectivity index (χ1v) is 14.1. The molecule has 0 aromatic rings. The molecule has 19 heteroatoms. The van der Waals surface area contributed by atoms with E-state index in [0.29, 0.717) is 0 Å². The molecule has 0 aromatic carbocycles. The Morgan fingerprint density at radius 2 is 1.63 bits per heavy atom. The highest BCUT2D eigenvalue weighted by Gasteiger charge is 2.56. The molecular formula is C24H46FN5O13. The SMILES string of the molecule is NCC(F)C(O)C(=O)NC1CC(N)C(C2OC(CNCCO)C(O)C(O)C2O)C(O)C1OC1OC(CO)C(O)C(N)C1O. The second kappa shape index (κ2) is 15.9. The summed E-state index contributed by atoms with van der Waals surface area (Å²) < 4.78 is 31.2. The number of alkyl halides is 1. The van der Waals surface area contributed by atoms with Crippen molar-refractivity contribution < 1.29 is 69.4 Å². The minimum atomic E-state index is -2.19. The van der Waals surface area contributed by atoms with E-state index < -0.39 is 123 Å². The van der Waals surface area contributed by atoms with Crippen molar-refractivity contribution in [2.45, 2.75) is 104 Å². The van der Waals surface area contributed by atoms with Crippen LogP contribution in [0.15, 0.2) is 0 Å². The first kappa shape index (κ1) is 36.2. The summed E-state index contributed by atoms with van der Waals surface area (Å²) in [7, 11) is 0. The third kappa shape index (κ3) is 7.95. The Balaban J connectivity index is 1.91. The Morgan fingerprint density at radius 1 is 0.953 bits per heavy atom. The zero-order valence-electron chi connectivity index (χ0n) is 23.3. The maximum absolute atomic E-state index is 14.0. The van der Waals surface area contributed by atoms with Gasteiger partial charge in [-0.1, -0.05) is 0 Å². The number of aliphatic hydroxyl groups is 9. The van der Waals surface area contributed by atoms with Gasteiger partial charge in [-0.15, -0.1) is 0 Å². The number of rotatable bonds is 12. The van der Waals surface area contributed by atoms with E-state index in [1.807, 2.05) is 0 Å². The van der Waals surface area contributed by atoms with E-state index in [0.717, 1.165) is 0 Å². The normalized spacial score (nSPS) is 45.4. The minimum absolute atomic E-state index is 0.0625. The van der Waals surface area contributed by atoms with Crippen LogP contribution >= 0.6 is 0 Å². The van der Waals surface area contributed by atoms with E-state index in [4.69, 9.17) is 36.5 Å². The molecule has 3 rings (SSSR count). The molecule has 43 heavy (non-hydrogen) atoms. The number of halogens is 1. The first-order chi connectivity index (χ1) is 20.3. The van der Waals surface area contributed by atoms with Gasteiger partial charge in [-0.2, -0.15) is 0 Å². The lowest BCUT2D eigenvalue weighted by Gasteiger charge is -2.52. The lowest BCUT2D eigenvalue weighted by molar-refractivity contribution is -0.310. The van der Waals surface area contributed by atoms with Gasteiger partial charge in [-0.3, -0.25) is 4.79 Å². The van der Waals surface area contributed by atoms with Crippen LogP contribution in [0.2, 0.25) is 0 Å². The van der Waals surface area contributed by atoms with Crippen LogP contribution in [0.4, 0.5) is 4.39 Å². The zero-order valence-corrected chi connectivity index (χ0v) is 23.3. The number of carbonyl (C=O) groups is 1. The molecule has 252 valence electrons. The Hall–Kier alpha value is -1.24. The van der Waals surface area contributed by atoms with E-state index in [1.54, 1.807) is 0 Å². The smallest absolute Gasteiger partial charge is 0.252 e. The summed E-state index contributed by atoms with van der Waals surface area (Å²) in [5, 5.41) is 98.1. The Bertz CT molecular complexity index is 885. The molecule has 17 atom stereocenters. The van der Waals surface area contributed by atoms with Crippen molar-refractivity contribution in [3.05, 3.63) is 0 Å². The second-order valence-corrected chi connectivity index (χ2v) is 11.2. The van der Waals surface area contributed by atoms with Crippen LogP contribution in [0.3, 0.4) is 0 Å². The van der Waals surface area contributed by atoms with E-state index in [-0.39, 0.29) is 26.1 Å². The minimum Gasteiger partial charge on any atom is -0.395 e. The van der Waals surface area contributed by atoms with Crippen LogP contribution in [0.25, 0.3) is 0 Å². The van der Waals surface area contributed by atoms with Crippen molar-refractivity contribution in [3.8, 4) is 0 Å². The van der Waals surface area contributed by atoms with Gasteiger partial charge in [0.1, 0.15) is 48.9 Å². The summed E-state index contributed by atoms with van der Waals surface area (Å²) in [5.41, 5.74) is 17.4. The molecule has 1 amide bonds. The summed E-state index contributed by atoms with van der Waals surface area (Å²) in [6.07, 6.45) is -21.7. The summed E-state index contributed by atoms with van der Waals surface area (Å²) in [6, 6.07) is -3.75. The van der Waals surface area contributed by atoms with Gasteiger partial charge < -0.3 is 88.0 Å². The Labute approximate surface area is 246 Å². The third-order valence-corrected chi connectivity index (χ3v) is 8.30. The number of amides is 1. The van der Waals surface area contributed by atoms with Gasteiger partial charge in [-0.25, -0.2) is 4.39 Å². The highest BCUT2D eigenvalue weighted by atomic mass is 19.1. The Morgan fingerprint density at radius 3 is 2.23 bits per heavy atom. The third-order valence-electron chi connectivity index (χ3n) is 8.30. The van der Waals surface area contributed by atoms with E-state index >= 15 is 0 Å². The molecule has 1 saturated carbocycles. The van der Waals surface area contributed by atoms with Crippen LogP contribution in [-0.2, 0) is 19.0 Å². The highest BCUT2D eigenvalue weighted by molar-refractivity contribution is 5.81. The molecule has 18 nitrogen and oxygen atoms in total. The molecule has 2 heterocycles. The number of nitrogens with one attached hydrogen (secondary N) is 2. The molecule has 17 N–H and O–H groups in total. The van der Waals surface area contributed by atoms with Crippen LogP contribution in [0.5, 0.6) is 0 Å². The molecule has 0 radical (unpaired) electrons. The van der Waals surface area contributed by atoms with Crippen LogP contribution in [-0.4, -0.2) is 182 Å². The van der Waals surface area contributed by atoms with Crippen molar-refractivity contribution in [2.75, 3.05) is 32.8 Å². The quantitative estimate of drug-likeness (QED) is 0.0889. The van der Waals surface area contributed by atoms with Crippen LogP contribution in [0.1, 0.15) is 6.42 Å². The monoisotopic (exact) mass is 631 g/mol. The van der Waals surface area contributed by atoms with Gasteiger partial charge >= 0.3 is 0 Å². The predicted octanol–water partition coefficient (Wildman–Crippen LogP) is -8.58. The molecule has 1 aliphatic carbocycles. The summed E-state index contributed by atoms with van der Waals surface area (Å²) in [6.45, 7) is -1.56. The maximum atomic E-state index is 14.0. The number of hydrogen-bond acceptors (Lipinski definition) is 17. The van der Waals surface area contributed by atoms with E-state index in [9.17, 15) is 50.0 Å². The summed E-state index contributed by atoms with van der Waals surface area (Å²) in [5.74, 6) is -2.48. The summed E-state index contributed by atoms with van der Waals surface area (Å²) in [4.78, 5) is 12.7. The second-order valence-electron chi connectivity index (χ2n) is 11.2. The number of aliphatic hydroxyl groups excluding tert-OH is 9. The van der Waals surface area contributed by atoms with Gasteiger partial charge in [-0.05, 0) is 6.42 Å². The van der Waals surface area contributed by atoms with Crippen LogP contribution < -0.4 is 27.8 Å². The van der Waals surface area contributed by atoms with E-state index in [2.05, 4.69) is 10.6 Å². The number of ether oxygens (including phenoxy) is 3. The molecule has 0 bridgehead atoms. The fraction of sp³-hybridized carbons (Fsp3) is 0.958. The molecule has 17 unspecified atom stereocenters. The molecular weight excluding hydrogens is 585 g/mol. The molecule has 3 fully saturated rings. The number of nitrogens with two attached hydrogens (primary N) is 3. The standard InChI is InChI=1S/C24H46FN5O13/c25-7(4-26)14(33)23(40)30-9-3-8(27)12(22-20(39)19(38)16(35)10(41-22)5-29-1-2-31)17(36)21(9)43-24-18(37)13(28)15(34)11(6-32)42-24/h7-22,24,29,31-39H,1-6,26-28H2,(H,30,40). The predicted molar refractivity (Wildman–Crippen MR) is 141 cm³/mol. The van der Waals surface area contributed by atoms with Gasteiger partial charge in [0.15, 0.2) is 12.4 Å². The van der Waals surface area contributed by atoms with Crippen molar-refractivity contribution in [3.63, 3.8) is 0 Å². The average Bonchev–Trinajstić information content (AvgIpc) is 2.98. The number of carbonyl (C=O) groups excluding carboxylic acids is 1. The van der Waals surface area contributed by atoms with Crippen molar-refractivity contribution in [1.29, 1.82) is 0 Å². The van der Waals surface area contributed by atoms with Crippen LogP contribution in [0, 0.1) is 5.92 Å². The maximum Gasteiger partial charge on any atom is 0.252 e. The summed E-state index contributed by atoms with van der Waals surface area (Å²) >= 11 is 0. The van der Waals surface area contributed by atoms with Crippen molar-refractivity contribution >= 4 is 5.91 Å². The van der Waals surface area contributed by atoms with E-state index in [1.165, 1.54) is 0 Å². The average molecular weight is 632 g/mol. The number of hydrogen-bond donors (Lipinski definition) is 14. The zero-order chi connectivity index (χ0) is 32.2. The molecule has 2 aliphatic heterocycles. The fourth-order valence-corrected chi connectivity index (χ4v) is 5.78. The molecule has 3 aliphatic rings. The van der Waals surface area contributed by atoms with Crippen molar-refractivity contribution in [2.24, 2.45) is 23.1 Å². The van der Waals surface area contributed by atoms with Gasteiger partial charge in [0.25, 0.3) is 5.91 Å². The van der Waals surface area contributed by atoms with Gasteiger partial charge in [0.2, 0.25) is 0 Å². The van der Waals surface area contributed by atoms with Gasteiger partial charge in [0.05, 0.1) is 43.6 Å². The first-order valence-electron chi connectivity index (χ1n) is 14.1. The highest BCUT2D eigenvalue weighted by Crippen LogP contribution is 2.37. The largest absolute Gasteiger partial charge is 0.395 e. The molecule has 0 spiro atoms. The lowest BCUT2D eigenvalue weighted by Crippen LogP contribution is -2.71. The van der Waals surface area contributed by atoms with Crippen molar-refractivity contribution in [1.82, 2.24) is 10.6 Å². The van der Waals surface area contributed by atoms with Gasteiger partial charge in [0, 0.05) is 31.6 Å². The lowest BCUT2D eigenvalue weighted by atomic mass is 9.72.